The Morgan fingerprint density at radius 2 is 2.00 bits per heavy atom. The summed E-state index contributed by atoms with van der Waals surface area (Å²) >= 11 is 0. The molecule has 14 heavy (non-hydrogen) atoms. The average Bonchev–Trinajstić information content (AvgIpc) is 2.06. The van der Waals surface area contributed by atoms with Crippen molar-refractivity contribution in [2.45, 2.75) is 33.3 Å². The molecule has 1 unspecified atom stereocenters. The fraction of sp³-hybridized carbons (Fsp3) is 0.700. The van der Waals surface area contributed by atoms with Crippen molar-refractivity contribution in [1.29, 1.82) is 0 Å². The Hall–Kier alpha value is -0.246. The SMILES string of the molecule is CCC(OC)/C(O)=C/C(=O)C(C)C.[V]. The number of aliphatic hydroxyl groups is 1. The molecular formula is C10H18O3V. The Kier molecular flexibility index (Phi) is 9.36. The molecule has 1 atom stereocenters. The van der Waals surface area contributed by atoms with Crippen LogP contribution in [0.1, 0.15) is 27.2 Å². The van der Waals surface area contributed by atoms with Gasteiger partial charge in [-0.2, -0.15) is 0 Å². The zero-order valence-electron chi connectivity index (χ0n) is 9.15. The first kappa shape index (κ1) is 16.2. The van der Waals surface area contributed by atoms with Crippen LogP contribution < -0.4 is 0 Å². The first-order valence-corrected chi connectivity index (χ1v) is 4.50. The van der Waals surface area contributed by atoms with E-state index in [2.05, 4.69) is 0 Å². The van der Waals surface area contributed by atoms with Crippen LogP contribution in [0.5, 0.6) is 0 Å². The Morgan fingerprint density at radius 1 is 1.50 bits per heavy atom. The summed E-state index contributed by atoms with van der Waals surface area (Å²) in [6.07, 6.45) is 1.55. The second-order valence-corrected chi connectivity index (χ2v) is 3.26. The molecule has 1 N–H and O–H groups in total. The molecule has 0 amide bonds. The van der Waals surface area contributed by atoms with E-state index in [1.807, 2.05) is 6.92 Å². The molecule has 0 aromatic rings. The van der Waals surface area contributed by atoms with E-state index in [1.165, 1.54) is 13.2 Å². The van der Waals surface area contributed by atoms with Gasteiger partial charge in [0.05, 0.1) is 0 Å². The van der Waals surface area contributed by atoms with Gasteiger partial charge in [-0.15, -0.1) is 0 Å². The van der Waals surface area contributed by atoms with Crippen molar-refractivity contribution < 1.29 is 33.2 Å². The van der Waals surface area contributed by atoms with E-state index < -0.39 is 0 Å². The Bertz CT molecular complexity index is 196. The van der Waals surface area contributed by atoms with Gasteiger partial charge in [-0.25, -0.2) is 0 Å². The van der Waals surface area contributed by atoms with Gasteiger partial charge < -0.3 is 9.84 Å². The van der Waals surface area contributed by atoms with Gasteiger partial charge >= 0.3 is 0 Å². The Labute approximate surface area is 97.4 Å². The van der Waals surface area contributed by atoms with Gasteiger partial charge in [-0.05, 0) is 6.42 Å². The molecule has 0 fully saturated rings. The molecule has 0 aliphatic rings. The number of ketones is 1. The molecule has 0 aromatic heterocycles. The number of methoxy groups -OCH3 is 1. The fourth-order valence-electron chi connectivity index (χ4n) is 0.902. The van der Waals surface area contributed by atoms with Gasteiger partial charge in [0.15, 0.2) is 5.78 Å². The predicted molar refractivity (Wildman–Crippen MR) is 51.6 cm³/mol. The van der Waals surface area contributed by atoms with Crippen molar-refractivity contribution in [3.8, 4) is 0 Å². The second-order valence-electron chi connectivity index (χ2n) is 3.26. The molecule has 81 valence electrons. The molecule has 0 aliphatic heterocycles. The number of hydrogen-bond donors (Lipinski definition) is 1. The second kappa shape index (κ2) is 8.10. The largest absolute Gasteiger partial charge is 0.509 e. The maximum Gasteiger partial charge on any atom is 0.161 e. The molecule has 0 rings (SSSR count). The normalized spacial score (nSPS) is 13.6. The molecule has 3 nitrogen and oxygen atoms in total. The summed E-state index contributed by atoms with van der Waals surface area (Å²) in [5, 5.41) is 9.44. The third kappa shape index (κ3) is 5.48. The fourth-order valence-corrected chi connectivity index (χ4v) is 0.902. The van der Waals surface area contributed by atoms with Gasteiger partial charge in [0.25, 0.3) is 0 Å². The standard InChI is InChI=1S/C10H18O3.V/c1-5-10(13-4)9(12)6-8(11)7(2)3;/h6-7,10,12H,5H2,1-4H3;/b9-6-;. The summed E-state index contributed by atoms with van der Waals surface area (Å²) in [6, 6.07) is 0. The van der Waals surface area contributed by atoms with E-state index in [0.29, 0.717) is 6.42 Å². The zero-order chi connectivity index (χ0) is 10.4. The molecular weight excluding hydrogens is 219 g/mol. The summed E-state index contributed by atoms with van der Waals surface area (Å²) < 4.78 is 4.97. The topological polar surface area (TPSA) is 46.5 Å². The number of allylic oxidation sites excluding steroid dienone is 1. The summed E-state index contributed by atoms with van der Waals surface area (Å²) in [5.74, 6) is -0.145. The van der Waals surface area contributed by atoms with Crippen molar-refractivity contribution in [2.75, 3.05) is 7.11 Å². The number of carbonyl (C=O) groups excluding carboxylic acids is 1. The molecule has 0 spiro atoms. The molecule has 1 radical (unpaired) electrons. The summed E-state index contributed by atoms with van der Waals surface area (Å²) in [7, 11) is 1.51. The predicted octanol–water partition coefficient (Wildman–Crippen LogP) is 2.08. The monoisotopic (exact) mass is 237 g/mol. The third-order valence-electron chi connectivity index (χ3n) is 1.84. The first-order valence-electron chi connectivity index (χ1n) is 4.50. The summed E-state index contributed by atoms with van der Waals surface area (Å²) in [6.45, 7) is 5.47. The maximum atomic E-state index is 11.2. The van der Waals surface area contributed by atoms with Gasteiger partial charge in [-0.1, -0.05) is 20.8 Å². The van der Waals surface area contributed by atoms with Crippen molar-refractivity contribution in [1.82, 2.24) is 0 Å². The van der Waals surface area contributed by atoms with Crippen LogP contribution in [0.15, 0.2) is 11.8 Å². The number of aliphatic hydroxyl groups excluding tert-OH is 1. The third-order valence-corrected chi connectivity index (χ3v) is 1.84. The van der Waals surface area contributed by atoms with Gasteiger partial charge in [0.2, 0.25) is 0 Å². The van der Waals surface area contributed by atoms with Gasteiger partial charge in [-0.3, -0.25) is 4.79 Å². The summed E-state index contributed by atoms with van der Waals surface area (Å²) in [5.41, 5.74) is 0. The zero-order valence-corrected chi connectivity index (χ0v) is 10.5. The number of hydrogen-bond acceptors (Lipinski definition) is 3. The quantitative estimate of drug-likeness (QED) is 0.588. The van der Waals surface area contributed by atoms with Crippen LogP contribution in [-0.2, 0) is 28.1 Å². The van der Waals surface area contributed by atoms with Crippen molar-refractivity contribution in [3.05, 3.63) is 11.8 Å². The molecule has 0 aliphatic carbocycles. The van der Waals surface area contributed by atoms with Crippen molar-refractivity contribution in [3.63, 3.8) is 0 Å². The Morgan fingerprint density at radius 3 is 2.29 bits per heavy atom. The minimum Gasteiger partial charge on any atom is -0.509 e. The van der Waals surface area contributed by atoms with Crippen LogP contribution >= 0.6 is 0 Å². The van der Waals surface area contributed by atoms with Crippen LogP contribution in [0, 0.1) is 5.92 Å². The van der Waals surface area contributed by atoms with E-state index in [-0.39, 0.29) is 42.1 Å². The number of ether oxygens (including phenoxy) is 1. The molecule has 0 heterocycles. The van der Waals surface area contributed by atoms with E-state index in [1.54, 1.807) is 13.8 Å². The van der Waals surface area contributed by atoms with E-state index >= 15 is 0 Å². The molecule has 0 saturated carbocycles. The molecule has 4 heteroatoms. The van der Waals surface area contributed by atoms with Crippen LogP contribution in [0.4, 0.5) is 0 Å². The maximum absolute atomic E-state index is 11.2. The van der Waals surface area contributed by atoms with Crippen LogP contribution in [-0.4, -0.2) is 24.1 Å². The molecule has 0 saturated heterocycles. The number of rotatable bonds is 5. The van der Waals surface area contributed by atoms with Gasteiger partial charge in [0, 0.05) is 37.7 Å². The van der Waals surface area contributed by atoms with Gasteiger partial charge in [0.1, 0.15) is 11.9 Å². The smallest absolute Gasteiger partial charge is 0.161 e. The molecule has 0 aromatic carbocycles. The number of carbonyl (C=O) groups is 1. The summed E-state index contributed by atoms with van der Waals surface area (Å²) in [4.78, 5) is 11.2. The van der Waals surface area contributed by atoms with Crippen LogP contribution in [0.3, 0.4) is 0 Å². The average molecular weight is 237 g/mol. The minimum atomic E-state index is -0.359. The van der Waals surface area contributed by atoms with E-state index in [4.69, 9.17) is 4.74 Å². The Balaban J connectivity index is 0. The van der Waals surface area contributed by atoms with Crippen molar-refractivity contribution >= 4 is 5.78 Å². The van der Waals surface area contributed by atoms with E-state index in [0.717, 1.165) is 0 Å². The minimum absolute atomic E-state index is 0. The first-order chi connectivity index (χ1) is 6.02. The van der Waals surface area contributed by atoms with Crippen LogP contribution in [0.25, 0.3) is 0 Å². The van der Waals surface area contributed by atoms with Crippen LogP contribution in [0.2, 0.25) is 0 Å². The molecule has 0 bridgehead atoms. The van der Waals surface area contributed by atoms with E-state index in [9.17, 15) is 9.90 Å². The van der Waals surface area contributed by atoms with Crippen molar-refractivity contribution in [2.24, 2.45) is 5.92 Å².